The number of rotatable bonds is 9. The molecular weight excluding hydrogens is 291 g/mol. The topological polar surface area (TPSA) is 21.3 Å². The van der Waals surface area contributed by atoms with Crippen molar-refractivity contribution in [1.82, 2.24) is 0 Å². The Bertz CT molecular complexity index is 385. The molecule has 0 spiro atoms. The monoisotopic (exact) mass is 309 g/mol. The molecule has 0 aliphatic rings. The van der Waals surface area contributed by atoms with Crippen molar-refractivity contribution in [2.45, 2.75) is 25.4 Å². The molecule has 0 aliphatic heterocycles. The van der Waals surface area contributed by atoms with Gasteiger partial charge in [-0.3, -0.25) is 0 Å². The summed E-state index contributed by atoms with van der Waals surface area (Å²) in [6.45, 7) is -0.504. The number of ether oxygens (including phenoxy) is 1. The van der Waals surface area contributed by atoms with Gasteiger partial charge in [-0.15, -0.1) is 11.6 Å². The molecule has 2 nitrogen and oxygen atoms in total. The minimum Gasteiger partial charge on any atom is -0.385 e. The molecule has 0 aliphatic carbocycles. The van der Waals surface area contributed by atoms with Crippen LogP contribution in [0.25, 0.3) is 0 Å². The van der Waals surface area contributed by atoms with Crippen molar-refractivity contribution in [3.8, 4) is 0 Å². The third-order valence-electron chi connectivity index (χ3n) is 2.59. The summed E-state index contributed by atoms with van der Waals surface area (Å²) in [7, 11) is 0. The summed E-state index contributed by atoms with van der Waals surface area (Å²) in [4.78, 5) is 0. The van der Waals surface area contributed by atoms with E-state index in [-0.39, 0.29) is 6.61 Å². The van der Waals surface area contributed by atoms with Gasteiger partial charge in [0.2, 0.25) is 0 Å². The second-order valence-electron chi connectivity index (χ2n) is 4.44. The van der Waals surface area contributed by atoms with Crippen LogP contribution in [0.4, 0.5) is 18.9 Å². The van der Waals surface area contributed by atoms with Gasteiger partial charge in [0.25, 0.3) is 0 Å². The van der Waals surface area contributed by atoms with E-state index in [1.165, 1.54) is 5.56 Å². The lowest BCUT2D eigenvalue weighted by molar-refractivity contribution is -0.173. The maximum atomic E-state index is 11.8. The summed E-state index contributed by atoms with van der Waals surface area (Å²) in [5.74, 6) is 0.633. The van der Waals surface area contributed by atoms with Crippen LogP contribution in [0.2, 0.25) is 0 Å². The van der Waals surface area contributed by atoms with Gasteiger partial charge in [-0.2, -0.15) is 13.2 Å². The van der Waals surface area contributed by atoms with Crippen molar-refractivity contribution in [3.05, 3.63) is 29.8 Å². The molecule has 0 saturated heterocycles. The molecule has 0 atom stereocenters. The quantitative estimate of drug-likeness (QED) is 0.544. The molecule has 1 N–H and O–H groups in total. The largest absolute Gasteiger partial charge is 0.411 e. The Morgan fingerprint density at radius 1 is 1.20 bits per heavy atom. The molecular formula is C14H19ClF3NO. The van der Waals surface area contributed by atoms with Crippen molar-refractivity contribution >= 4 is 17.3 Å². The predicted octanol–water partition coefficient (Wildman–Crippen LogP) is 4.24. The number of anilines is 1. The third kappa shape index (κ3) is 8.27. The van der Waals surface area contributed by atoms with Crippen LogP contribution in [0.3, 0.4) is 0 Å². The van der Waals surface area contributed by atoms with Crippen molar-refractivity contribution in [1.29, 1.82) is 0 Å². The first-order valence-corrected chi connectivity index (χ1v) is 7.08. The van der Waals surface area contributed by atoms with E-state index >= 15 is 0 Å². The van der Waals surface area contributed by atoms with Crippen LogP contribution in [-0.2, 0) is 11.2 Å². The Morgan fingerprint density at radius 2 is 2.00 bits per heavy atom. The van der Waals surface area contributed by atoms with E-state index in [1.807, 2.05) is 24.3 Å². The number of halogens is 4. The van der Waals surface area contributed by atoms with Gasteiger partial charge >= 0.3 is 6.18 Å². The molecule has 0 aromatic heterocycles. The molecule has 0 amide bonds. The Balaban J connectivity index is 2.18. The molecule has 0 saturated carbocycles. The fourth-order valence-electron chi connectivity index (χ4n) is 1.70. The van der Waals surface area contributed by atoms with E-state index in [0.717, 1.165) is 18.5 Å². The smallest absolute Gasteiger partial charge is 0.385 e. The molecule has 0 fully saturated rings. The Labute approximate surface area is 122 Å². The van der Waals surface area contributed by atoms with Gasteiger partial charge in [0.15, 0.2) is 0 Å². The normalized spacial score (nSPS) is 11.6. The number of nitrogens with one attached hydrogen (secondary N) is 1. The number of hydrogen-bond acceptors (Lipinski definition) is 2. The highest BCUT2D eigenvalue weighted by molar-refractivity contribution is 6.17. The average Bonchev–Trinajstić information content (AvgIpc) is 2.40. The van der Waals surface area contributed by atoms with Gasteiger partial charge < -0.3 is 10.1 Å². The fourth-order valence-corrected chi connectivity index (χ4v) is 1.84. The summed E-state index contributed by atoms with van der Waals surface area (Å²) in [5.41, 5.74) is 2.16. The lowest BCUT2D eigenvalue weighted by atomic mass is 10.1. The molecule has 0 radical (unpaired) electrons. The molecule has 20 heavy (non-hydrogen) atoms. The van der Waals surface area contributed by atoms with Gasteiger partial charge in [-0.25, -0.2) is 0 Å². The summed E-state index contributed by atoms with van der Waals surface area (Å²) >= 11 is 5.65. The lowest BCUT2D eigenvalue weighted by Crippen LogP contribution is -2.18. The fraction of sp³-hybridized carbons (Fsp3) is 0.571. The molecule has 0 heterocycles. The van der Waals surface area contributed by atoms with Gasteiger partial charge in [0.1, 0.15) is 6.61 Å². The Morgan fingerprint density at radius 3 is 2.70 bits per heavy atom. The third-order valence-corrected chi connectivity index (χ3v) is 2.85. The van der Waals surface area contributed by atoms with Crippen LogP contribution < -0.4 is 5.32 Å². The second kappa shape index (κ2) is 9.08. The summed E-state index contributed by atoms with van der Waals surface area (Å²) in [6.07, 6.45) is -1.86. The highest BCUT2D eigenvalue weighted by atomic mass is 35.5. The van der Waals surface area contributed by atoms with Crippen molar-refractivity contribution in [2.24, 2.45) is 0 Å². The standard InChI is InChI=1S/C14H19ClF3NO/c15-7-2-5-12-4-1-6-13(10-12)19-8-3-9-20-11-14(16,17)18/h1,4,6,10,19H,2-3,5,7-9,11H2. The molecule has 1 aromatic rings. The van der Waals surface area contributed by atoms with Crippen LogP contribution in [0.15, 0.2) is 24.3 Å². The zero-order valence-corrected chi connectivity index (χ0v) is 11.9. The molecule has 114 valence electrons. The van der Waals surface area contributed by atoms with Crippen LogP contribution in [0, 0.1) is 0 Å². The van der Waals surface area contributed by atoms with Gasteiger partial charge in [0, 0.05) is 24.7 Å². The van der Waals surface area contributed by atoms with Crippen LogP contribution in [-0.4, -0.2) is 31.8 Å². The summed E-state index contributed by atoms with van der Waals surface area (Å²) in [6, 6.07) is 7.94. The van der Waals surface area contributed by atoms with Gasteiger partial charge in [-0.1, -0.05) is 12.1 Å². The predicted molar refractivity (Wildman–Crippen MR) is 75.5 cm³/mol. The van der Waals surface area contributed by atoms with Crippen LogP contribution in [0.5, 0.6) is 0 Å². The van der Waals surface area contributed by atoms with Crippen molar-refractivity contribution < 1.29 is 17.9 Å². The number of hydrogen-bond donors (Lipinski definition) is 1. The summed E-state index contributed by atoms with van der Waals surface area (Å²) in [5, 5.41) is 3.16. The molecule has 1 aromatic carbocycles. The molecule has 0 bridgehead atoms. The van der Waals surface area contributed by atoms with E-state index in [4.69, 9.17) is 11.6 Å². The van der Waals surface area contributed by atoms with Gasteiger partial charge in [0.05, 0.1) is 0 Å². The summed E-state index contributed by atoms with van der Waals surface area (Å²) < 4.78 is 40.0. The first-order valence-electron chi connectivity index (χ1n) is 6.54. The minimum absolute atomic E-state index is 0.0957. The van der Waals surface area contributed by atoms with E-state index in [9.17, 15) is 13.2 Å². The van der Waals surface area contributed by atoms with E-state index in [0.29, 0.717) is 18.8 Å². The number of alkyl halides is 4. The average molecular weight is 310 g/mol. The Kier molecular flexibility index (Phi) is 7.77. The zero-order chi connectivity index (χ0) is 14.8. The van der Waals surface area contributed by atoms with Crippen LogP contribution in [0.1, 0.15) is 18.4 Å². The van der Waals surface area contributed by atoms with E-state index in [2.05, 4.69) is 10.1 Å². The SMILES string of the molecule is FC(F)(F)COCCCNc1cccc(CCCCl)c1. The Hall–Kier alpha value is -0.940. The molecule has 0 unspecified atom stereocenters. The number of benzene rings is 1. The first-order chi connectivity index (χ1) is 9.51. The van der Waals surface area contributed by atoms with Crippen LogP contribution >= 0.6 is 11.6 Å². The highest BCUT2D eigenvalue weighted by Gasteiger charge is 2.27. The van der Waals surface area contributed by atoms with E-state index in [1.54, 1.807) is 0 Å². The molecule has 1 rings (SSSR count). The zero-order valence-electron chi connectivity index (χ0n) is 11.2. The second-order valence-corrected chi connectivity index (χ2v) is 4.82. The van der Waals surface area contributed by atoms with Crippen molar-refractivity contribution in [3.63, 3.8) is 0 Å². The van der Waals surface area contributed by atoms with Gasteiger partial charge in [-0.05, 0) is 37.0 Å². The minimum atomic E-state index is -4.25. The molecule has 6 heteroatoms. The maximum absolute atomic E-state index is 11.8. The number of aryl methyl sites for hydroxylation is 1. The lowest BCUT2D eigenvalue weighted by Gasteiger charge is -2.10. The van der Waals surface area contributed by atoms with E-state index < -0.39 is 12.8 Å². The first kappa shape index (κ1) is 17.1. The highest BCUT2D eigenvalue weighted by Crippen LogP contribution is 2.15. The van der Waals surface area contributed by atoms with Crippen molar-refractivity contribution in [2.75, 3.05) is 31.0 Å². The maximum Gasteiger partial charge on any atom is 0.411 e.